The van der Waals surface area contributed by atoms with E-state index in [1.165, 1.54) is 33.4 Å². The van der Waals surface area contributed by atoms with Gasteiger partial charge in [-0.25, -0.2) is 9.97 Å². The van der Waals surface area contributed by atoms with Crippen molar-refractivity contribution in [2.75, 3.05) is 0 Å². The van der Waals surface area contributed by atoms with E-state index in [1.807, 2.05) is 24.3 Å². The van der Waals surface area contributed by atoms with E-state index >= 15 is 0 Å². The lowest BCUT2D eigenvalue weighted by atomic mass is 9.67. The number of fused-ring (bicyclic) bond motifs is 9. The molecule has 3 heterocycles. The molecule has 0 aliphatic heterocycles. The molecule has 1 aliphatic carbocycles. The smallest absolute Gasteiger partial charge is 0.236 e. The number of nitrogens with zero attached hydrogens (tertiary/aromatic N) is 3. The van der Waals surface area contributed by atoms with Gasteiger partial charge in [-0.2, -0.15) is 0 Å². The Morgan fingerprint density at radius 3 is 1.82 bits per heavy atom. The van der Waals surface area contributed by atoms with Gasteiger partial charge in [0.2, 0.25) is 5.95 Å². The van der Waals surface area contributed by atoms with Gasteiger partial charge in [-0.1, -0.05) is 170 Å². The first kappa shape index (κ1) is 31.8. The van der Waals surface area contributed by atoms with Gasteiger partial charge in [0.25, 0.3) is 0 Å². The van der Waals surface area contributed by atoms with Gasteiger partial charge in [-0.3, -0.25) is 4.57 Å². The Morgan fingerprint density at radius 2 is 1.04 bits per heavy atom. The van der Waals surface area contributed by atoms with E-state index in [2.05, 4.69) is 180 Å². The first-order valence-electron chi connectivity index (χ1n) is 19.4. The summed E-state index contributed by atoms with van der Waals surface area (Å²) in [6, 6.07) is 71.5. The summed E-state index contributed by atoms with van der Waals surface area (Å²) in [6.45, 7) is 0. The van der Waals surface area contributed by atoms with Crippen molar-refractivity contribution in [2.24, 2.45) is 0 Å². The van der Waals surface area contributed by atoms with Crippen LogP contribution in [-0.4, -0.2) is 14.5 Å². The minimum absolute atomic E-state index is 0.543. The van der Waals surface area contributed by atoms with Crippen LogP contribution in [-0.2, 0) is 5.41 Å². The maximum absolute atomic E-state index is 6.61. The summed E-state index contributed by atoms with van der Waals surface area (Å²) in [7, 11) is 0. The van der Waals surface area contributed by atoms with Crippen molar-refractivity contribution in [1.82, 2.24) is 14.5 Å². The molecule has 0 saturated heterocycles. The predicted octanol–water partition coefficient (Wildman–Crippen LogP) is 13.2. The highest BCUT2D eigenvalue weighted by Crippen LogP contribution is 2.56. The molecule has 266 valence electrons. The predicted molar refractivity (Wildman–Crippen MR) is 232 cm³/mol. The zero-order valence-corrected chi connectivity index (χ0v) is 30.8. The van der Waals surface area contributed by atoms with Crippen LogP contribution in [0.4, 0.5) is 0 Å². The molecule has 0 fully saturated rings. The zero-order chi connectivity index (χ0) is 37.5. The van der Waals surface area contributed by atoms with Gasteiger partial charge in [-0.15, -0.1) is 0 Å². The fraction of sp³-hybridized carbons (Fsp3) is 0.0189. The van der Waals surface area contributed by atoms with Crippen LogP contribution in [0.2, 0.25) is 0 Å². The van der Waals surface area contributed by atoms with Gasteiger partial charge < -0.3 is 4.42 Å². The third-order valence-electron chi connectivity index (χ3n) is 11.9. The number of rotatable bonds is 5. The molecule has 0 amide bonds. The molecule has 0 spiro atoms. The van der Waals surface area contributed by atoms with Crippen LogP contribution in [0.1, 0.15) is 22.3 Å². The topological polar surface area (TPSA) is 43.9 Å². The third-order valence-corrected chi connectivity index (χ3v) is 11.9. The Bertz CT molecular complexity index is 3310. The van der Waals surface area contributed by atoms with Crippen LogP contribution < -0.4 is 0 Å². The highest BCUT2D eigenvalue weighted by atomic mass is 16.3. The zero-order valence-electron chi connectivity index (χ0n) is 30.8. The van der Waals surface area contributed by atoms with Gasteiger partial charge >= 0.3 is 0 Å². The summed E-state index contributed by atoms with van der Waals surface area (Å²) in [5.41, 5.74) is 15.3. The second-order valence-corrected chi connectivity index (χ2v) is 14.9. The van der Waals surface area contributed by atoms with E-state index in [1.54, 1.807) is 0 Å². The van der Waals surface area contributed by atoms with E-state index in [0.29, 0.717) is 11.5 Å². The average Bonchev–Trinajstić information content (AvgIpc) is 3.93. The van der Waals surface area contributed by atoms with E-state index < -0.39 is 5.41 Å². The molecule has 0 atom stereocenters. The van der Waals surface area contributed by atoms with E-state index in [4.69, 9.17) is 14.4 Å². The SMILES string of the molecule is c1ccc(-c2cccc(-c3nc(-n4c5ccccc5c5ccc(C6(c7ccccc7)c7ccccc7-c7ccccc76)cc54)nc4c3oc3ccccc34)c2)cc1. The summed E-state index contributed by atoms with van der Waals surface area (Å²) in [5, 5.41) is 3.25. The first-order valence-corrected chi connectivity index (χ1v) is 19.4. The van der Waals surface area contributed by atoms with Crippen LogP contribution in [0.5, 0.6) is 0 Å². The lowest BCUT2D eigenvalue weighted by Gasteiger charge is -2.34. The fourth-order valence-corrected chi connectivity index (χ4v) is 9.48. The largest absolute Gasteiger partial charge is 0.452 e. The second kappa shape index (κ2) is 12.2. The lowest BCUT2D eigenvalue weighted by Crippen LogP contribution is -2.28. The Kier molecular flexibility index (Phi) is 6.81. The van der Waals surface area contributed by atoms with E-state index in [-0.39, 0.29) is 0 Å². The third kappa shape index (κ3) is 4.56. The molecule has 4 nitrogen and oxygen atoms in total. The van der Waals surface area contributed by atoms with Crippen LogP contribution in [0.3, 0.4) is 0 Å². The summed E-state index contributed by atoms with van der Waals surface area (Å²) in [4.78, 5) is 10.9. The maximum atomic E-state index is 6.61. The number of furan rings is 1. The van der Waals surface area contributed by atoms with Crippen molar-refractivity contribution in [2.45, 2.75) is 5.41 Å². The highest BCUT2D eigenvalue weighted by Gasteiger charge is 2.46. The number of benzene rings is 8. The minimum Gasteiger partial charge on any atom is -0.452 e. The van der Waals surface area contributed by atoms with Gasteiger partial charge in [0.1, 0.15) is 16.8 Å². The lowest BCUT2D eigenvalue weighted by molar-refractivity contribution is 0.666. The average molecular weight is 728 g/mol. The molecule has 0 bridgehead atoms. The second-order valence-electron chi connectivity index (χ2n) is 14.9. The molecule has 3 aromatic heterocycles. The number of hydrogen-bond donors (Lipinski definition) is 0. The molecule has 11 aromatic rings. The summed E-state index contributed by atoms with van der Waals surface area (Å²) < 4.78 is 8.87. The number of aromatic nitrogens is 3. The molecule has 8 aromatic carbocycles. The fourth-order valence-electron chi connectivity index (χ4n) is 9.48. The monoisotopic (exact) mass is 727 g/mol. The Labute approximate surface area is 329 Å². The quantitative estimate of drug-likeness (QED) is 0.177. The van der Waals surface area contributed by atoms with E-state index in [0.717, 1.165) is 60.7 Å². The molecule has 0 saturated carbocycles. The van der Waals surface area contributed by atoms with Crippen molar-refractivity contribution in [1.29, 1.82) is 0 Å². The van der Waals surface area contributed by atoms with Crippen molar-refractivity contribution < 1.29 is 4.42 Å². The highest BCUT2D eigenvalue weighted by molar-refractivity contribution is 6.11. The molecule has 0 N–H and O–H groups in total. The van der Waals surface area contributed by atoms with E-state index in [9.17, 15) is 0 Å². The Hall–Kier alpha value is -7.56. The van der Waals surface area contributed by atoms with Gasteiger partial charge in [-0.05, 0) is 74.8 Å². The molecule has 0 unspecified atom stereocenters. The molecule has 0 radical (unpaired) electrons. The van der Waals surface area contributed by atoms with Crippen LogP contribution >= 0.6 is 0 Å². The summed E-state index contributed by atoms with van der Waals surface area (Å²) >= 11 is 0. The van der Waals surface area contributed by atoms with Crippen molar-refractivity contribution >= 4 is 43.9 Å². The molecule has 12 rings (SSSR count). The van der Waals surface area contributed by atoms with Crippen molar-refractivity contribution in [3.63, 3.8) is 0 Å². The van der Waals surface area contributed by atoms with Crippen LogP contribution in [0, 0.1) is 0 Å². The molecule has 1 aliphatic rings. The standard InChI is InChI=1S/C53H33N3O/c1-3-16-34(17-4-1)35-18-15-19-36(32-35)49-51-50(43-25-10-14-29-48(43)57-51)55-52(54-49)56-46-28-13-9-24-41(46)42-31-30-38(33-47(42)56)53(37-20-5-2-6-21-37)44-26-11-7-22-39(44)40-23-8-12-27-45(40)53/h1-33H. The van der Waals surface area contributed by atoms with Crippen molar-refractivity contribution in [3.05, 3.63) is 222 Å². The molecule has 57 heavy (non-hydrogen) atoms. The Morgan fingerprint density at radius 1 is 0.421 bits per heavy atom. The number of hydrogen-bond acceptors (Lipinski definition) is 3. The normalized spacial score (nSPS) is 13.1. The minimum atomic E-state index is -0.543. The maximum Gasteiger partial charge on any atom is 0.236 e. The first-order chi connectivity index (χ1) is 28.3. The summed E-state index contributed by atoms with van der Waals surface area (Å²) in [5.74, 6) is 0.596. The Balaban J connectivity index is 1.17. The van der Waals surface area contributed by atoms with Crippen LogP contribution in [0.15, 0.2) is 205 Å². The molecule has 4 heteroatoms. The van der Waals surface area contributed by atoms with Crippen molar-refractivity contribution in [3.8, 4) is 39.5 Å². The van der Waals surface area contributed by atoms with Gasteiger partial charge in [0.05, 0.1) is 16.4 Å². The molecular weight excluding hydrogens is 695 g/mol. The van der Waals surface area contributed by atoms with Gasteiger partial charge in [0, 0.05) is 21.7 Å². The summed E-state index contributed by atoms with van der Waals surface area (Å²) in [6.07, 6.45) is 0. The van der Waals surface area contributed by atoms with Gasteiger partial charge in [0.15, 0.2) is 5.58 Å². The molecular formula is C53H33N3O. The van der Waals surface area contributed by atoms with Crippen LogP contribution in [0.25, 0.3) is 83.3 Å². The number of para-hydroxylation sites is 2.